The van der Waals surface area contributed by atoms with Gasteiger partial charge in [0.05, 0.1) is 11.8 Å². The van der Waals surface area contributed by atoms with Crippen LogP contribution in [0.5, 0.6) is 0 Å². The summed E-state index contributed by atoms with van der Waals surface area (Å²) < 4.78 is 0. The van der Waals surface area contributed by atoms with E-state index in [4.69, 9.17) is 11.0 Å². The highest BCUT2D eigenvalue weighted by Crippen LogP contribution is 2.14. The molecule has 0 fully saturated rings. The molecule has 5 nitrogen and oxygen atoms in total. The van der Waals surface area contributed by atoms with Crippen LogP contribution < -0.4 is 11.1 Å². The molecule has 0 bridgehead atoms. The van der Waals surface area contributed by atoms with Crippen molar-refractivity contribution >= 4 is 5.82 Å². The lowest BCUT2D eigenvalue weighted by Crippen LogP contribution is -2.39. The summed E-state index contributed by atoms with van der Waals surface area (Å²) in [6.45, 7) is 4.32. The van der Waals surface area contributed by atoms with E-state index in [0.29, 0.717) is 17.9 Å². The Bertz CT molecular complexity index is 352. The fourth-order valence-corrected chi connectivity index (χ4v) is 0.886. The van der Waals surface area contributed by atoms with Gasteiger partial charge in [-0.2, -0.15) is 10.4 Å². The molecule has 0 atom stereocenters. The monoisotopic (exact) mass is 191 g/mol. The van der Waals surface area contributed by atoms with Crippen molar-refractivity contribution in [2.75, 3.05) is 11.9 Å². The summed E-state index contributed by atoms with van der Waals surface area (Å²) >= 11 is 0. The summed E-state index contributed by atoms with van der Waals surface area (Å²) in [7, 11) is 0. The predicted molar refractivity (Wildman–Crippen MR) is 53.5 cm³/mol. The van der Waals surface area contributed by atoms with Crippen molar-refractivity contribution in [3.8, 4) is 6.07 Å². The minimum atomic E-state index is -0.290. The van der Waals surface area contributed by atoms with Gasteiger partial charge in [0.2, 0.25) is 0 Å². The first kappa shape index (κ1) is 10.4. The molecule has 0 amide bonds. The first-order valence-corrected chi connectivity index (χ1v) is 4.29. The molecule has 3 N–H and O–H groups in total. The molecule has 0 saturated carbocycles. The average molecular weight is 191 g/mol. The van der Waals surface area contributed by atoms with Crippen molar-refractivity contribution in [2.24, 2.45) is 5.73 Å². The summed E-state index contributed by atoms with van der Waals surface area (Å²) in [5, 5.41) is 19.4. The maximum Gasteiger partial charge on any atom is 0.167 e. The number of hydrogen-bond acceptors (Lipinski definition) is 5. The lowest BCUT2D eigenvalue weighted by atomic mass is 10.1. The molecule has 1 heterocycles. The standard InChI is InChI=1S/C9H13N5/c1-9(2,6-11)13-8-7(5-10)3-4-12-14-8/h3-4H,6,11H2,1-2H3,(H,13,14). The highest BCUT2D eigenvalue weighted by Gasteiger charge is 2.17. The first-order valence-electron chi connectivity index (χ1n) is 4.29. The second-order valence-corrected chi connectivity index (χ2v) is 3.62. The normalized spacial score (nSPS) is 10.7. The molecule has 0 aliphatic heterocycles. The molecule has 1 rings (SSSR count). The third-order valence-corrected chi connectivity index (χ3v) is 1.81. The number of nitriles is 1. The average Bonchev–Trinajstić information content (AvgIpc) is 2.18. The number of rotatable bonds is 3. The third-order valence-electron chi connectivity index (χ3n) is 1.81. The molecule has 0 aromatic carbocycles. The predicted octanol–water partition coefficient (Wildman–Crippen LogP) is 0.497. The van der Waals surface area contributed by atoms with Crippen molar-refractivity contribution < 1.29 is 0 Å². The number of aromatic nitrogens is 2. The van der Waals surface area contributed by atoms with Crippen LogP contribution in [-0.2, 0) is 0 Å². The molecule has 1 aromatic rings. The summed E-state index contributed by atoms with van der Waals surface area (Å²) in [4.78, 5) is 0. The van der Waals surface area contributed by atoms with Crippen LogP contribution in [0.15, 0.2) is 12.3 Å². The van der Waals surface area contributed by atoms with E-state index < -0.39 is 0 Å². The van der Waals surface area contributed by atoms with Gasteiger partial charge >= 0.3 is 0 Å². The van der Waals surface area contributed by atoms with Gasteiger partial charge in [-0.05, 0) is 19.9 Å². The number of nitrogens with two attached hydrogens (primary N) is 1. The largest absolute Gasteiger partial charge is 0.361 e. The lowest BCUT2D eigenvalue weighted by Gasteiger charge is -2.24. The molecule has 0 spiro atoms. The SMILES string of the molecule is CC(C)(CN)Nc1nnccc1C#N. The Morgan fingerprint density at radius 1 is 1.64 bits per heavy atom. The highest BCUT2D eigenvalue weighted by molar-refractivity contribution is 5.51. The van der Waals surface area contributed by atoms with E-state index in [1.54, 1.807) is 6.07 Å². The van der Waals surface area contributed by atoms with Gasteiger partial charge in [0.25, 0.3) is 0 Å². The Morgan fingerprint density at radius 3 is 2.93 bits per heavy atom. The molecular formula is C9H13N5. The first-order chi connectivity index (χ1) is 6.59. The smallest absolute Gasteiger partial charge is 0.167 e. The fourth-order valence-electron chi connectivity index (χ4n) is 0.886. The molecule has 0 aliphatic rings. The van der Waals surface area contributed by atoms with Crippen LogP contribution in [-0.4, -0.2) is 22.3 Å². The van der Waals surface area contributed by atoms with Gasteiger partial charge in [-0.25, -0.2) is 0 Å². The van der Waals surface area contributed by atoms with Crippen LogP contribution in [0.4, 0.5) is 5.82 Å². The molecule has 74 valence electrons. The van der Waals surface area contributed by atoms with Gasteiger partial charge in [0, 0.05) is 12.1 Å². The van der Waals surface area contributed by atoms with Crippen LogP contribution in [0.1, 0.15) is 19.4 Å². The zero-order valence-electron chi connectivity index (χ0n) is 8.28. The van der Waals surface area contributed by atoms with E-state index in [-0.39, 0.29) is 5.54 Å². The Labute approximate surface area is 82.9 Å². The maximum atomic E-state index is 8.80. The van der Waals surface area contributed by atoms with Crippen molar-refractivity contribution in [2.45, 2.75) is 19.4 Å². The van der Waals surface area contributed by atoms with Crippen molar-refractivity contribution in [3.05, 3.63) is 17.8 Å². The zero-order chi connectivity index (χ0) is 10.6. The second-order valence-electron chi connectivity index (χ2n) is 3.62. The van der Waals surface area contributed by atoms with Gasteiger partial charge in [-0.15, -0.1) is 5.10 Å². The summed E-state index contributed by atoms with van der Waals surface area (Å²) in [6, 6.07) is 3.65. The van der Waals surface area contributed by atoms with Gasteiger partial charge in [0.1, 0.15) is 6.07 Å². The number of hydrogen-bond donors (Lipinski definition) is 2. The maximum absolute atomic E-state index is 8.80. The summed E-state index contributed by atoms with van der Waals surface area (Å²) in [5.74, 6) is 0.477. The minimum Gasteiger partial charge on any atom is -0.361 e. The molecular weight excluding hydrogens is 178 g/mol. The number of nitrogens with one attached hydrogen (secondary N) is 1. The van der Waals surface area contributed by atoms with Crippen LogP contribution in [0, 0.1) is 11.3 Å². The van der Waals surface area contributed by atoms with Crippen molar-refractivity contribution in [3.63, 3.8) is 0 Å². The van der Waals surface area contributed by atoms with Gasteiger partial charge in [0.15, 0.2) is 5.82 Å². The van der Waals surface area contributed by atoms with Crippen LogP contribution in [0.2, 0.25) is 0 Å². The summed E-state index contributed by atoms with van der Waals surface area (Å²) in [5.41, 5.74) is 5.74. The minimum absolute atomic E-state index is 0.290. The Balaban J connectivity index is 2.92. The molecule has 1 aromatic heterocycles. The molecule has 0 aliphatic carbocycles. The number of anilines is 1. The van der Waals surface area contributed by atoms with Crippen molar-refractivity contribution in [1.82, 2.24) is 10.2 Å². The van der Waals surface area contributed by atoms with E-state index >= 15 is 0 Å². The van der Waals surface area contributed by atoms with E-state index in [9.17, 15) is 0 Å². The zero-order valence-corrected chi connectivity index (χ0v) is 8.28. The van der Waals surface area contributed by atoms with E-state index in [2.05, 4.69) is 15.5 Å². The molecule has 5 heteroatoms. The second kappa shape index (κ2) is 4.03. The van der Waals surface area contributed by atoms with Crippen LogP contribution in [0.25, 0.3) is 0 Å². The Hall–Kier alpha value is -1.67. The van der Waals surface area contributed by atoms with Crippen LogP contribution in [0.3, 0.4) is 0 Å². The Kier molecular flexibility index (Phi) is 2.99. The van der Waals surface area contributed by atoms with Crippen molar-refractivity contribution in [1.29, 1.82) is 5.26 Å². The van der Waals surface area contributed by atoms with Crippen LogP contribution >= 0.6 is 0 Å². The van der Waals surface area contributed by atoms with Gasteiger partial charge in [-0.1, -0.05) is 0 Å². The Morgan fingerprint density at radius 2 is 2.36 bits per heavy atom. The van der Waals surface area contributed by atoms with Gasteiger partial charge in [-0.3, -0.25) is 0 Å². The van der Waals surface area contributed by atoms with E-state index in [1.165, 1.54) is 6.20 Å². The number of nitrogens with zero attached hydrogens (tertiary/aromatic N) is 3. The fraction of sp³-hybridized carbons (Fsp3) is 0.444. The highest BCUT2D eigenvalue weighted by atomic mass is 15.2. The van der Waals surface area contributed by atoms with E-state index in [1.807, 2.05) is 19.9 Å². The topological polar surface area (TPSA) is 87.6 Å². The lowest BCUT2D eigenvalue weighted by molar-refractivity contribution is 0.575. The quantitative estimate of drug-likeness (QED) is 0.726. The third kappa shape index (κ3) is 2.41. The molecule has 0 unspecified atom stereocenters. The molecule has 0 radical (unpaired) electrons. The van der Waals surface area contributed by atoms with E-state index in [0.717, 1.165) is 0 Å². The molecule has 14 heavy (non-hydrogen) atoms. The molecule has 0 saturated heterocycles. The van der Waals surface area contributed by atoms with Gasteiger partial charge < -0.3 is 11.1 Å². The summed E-state index contributed by atoms with van der Waals surface area (Å²) in [6.07, 6.45) is 1.49.